The summed E-state index contributed by atoms with van der Waals surface area (Å²) in [5.74, 6) is -0.441. The van der Waals surface area contributed by atoms with E-state index >= 15 is 0 Å². The van der Waals surface area contributed by atoms with Crippen molar-refractivity contribution in [2.45, 2.75) is 57.1 Å². The van der Waals surface area contributed by atoms with Gasteiger partial charge in [-0.3, -0.25) is 9.59 Å². The molecule has 120 valence electrons. The number of carbonyl (C=O) groups excluding carboxylic acids is 2. The lowest BCUT2D eigenvalue weighted by Crippen LogP contribution is -2.44. The van der Waals surface area contributed by atoms with Gasteiger partial charge in [0.2, 0.25) is 11.8 Å². The van der Waals surface area contributed by atoms with E-state index in [1.807, 2.05) is 0 Å². The molecule has 1 aliphatic heterocycles. The Morgan fingerprint density at radius 2 is 1.81 bits per heavy atom. The minimum atomic E-state index is -0.436. The Balaban J connectivity index is 1.75. The lowest BCUT2D eigenvalue weighted by atomic mass is 10.1. The fourth-order valence-corrected chi connectivity index (χ4v) is 3.22. The molecule has 0 aromatic carbocycles. The number of ether oxygens (including phenoxy) is 1. The largest absolute Gasteiger partial charge is 0.378 e. The zero-order valence-electron chi connectivity index (χ0n) is 12.7. The molecule has 1 saturated heterocycles. The molecule has 21 heavy (non-hydrogen) atoms. The van der Waals surface area contributed by atoms with E-state index in [1.165, 1.54) is 0 Å². The van der Waals surface area contributed by atoms with Crippen LogP contribution in [0.5, 0.6) is 0 Å². The van der Waals surface area contributed by atoms with Crippen LogP contribution in [0, 0.1) is 0 Å². The first kappa shape index (κ1) is 16.2. The fourth-order valence-electron chi connectivity index (χ4n) is 3.22. The molecule has 0 unspecified atom stereocenters. The molecule has 0 aromatic rings. The van der Waals surface area contributed by atoms with E-state index in [2.05, 4.69) is 5.32 Å². The summed E-state index contributed by atoms with van der Waals surface area (Å²) in [6, 6.07) is 0.184. The van der Waals surface area contributed by atoms with Gasteiger partial charge in [-0.05, 0) is 38.8 Å². The summed E-state index contributed by atoms with van der Waals surface area (Å²) in [4.78, 5) is 25.2. The van der Waals surface area contributed by atoms with Gasteiger partial charge in [0.15, 0.2) is 0 Å². The summed E-state index contributed by atoms with van der Waals surface area (Å²) in [6.45, 7) is 2.44. The van der Waals surface area contributed by atoms with E-state index in [-0.39, 0.29) is 24.6 Å². The Morgan fingerprint density at radius 1 is 1.14 bits per heavy atom. The summed E-state index contributed by atoms with van der Waals surface area (Å²) in [5, 5.41) is 3.28. The maximum Gasteiger partial charge on any atom is 0.237 e. The molecule has 1 heterocycles. The molecular weight excluding hydrogens is 270 g/mol. The predicted octanol–water partition coefficient (Wildman–Crippen LogP) is 0.402. The molecule has 1 aliphatic carbocycles. The topological polar surface area (TPSA) is 84.7 Å². The number of nitrogens with one attached hydrogen (secondary N) is 1. The third kappa shape index (κ3) is 5.28. The molecule has 6 heteroatoms. The minimum Gasteiger partial charge on any atom is -0.378 e. The van der Waals surface area contributed by atoms with Crippen LogP contribution >= 0.6 is 0 Å². The van der Waals surface area contributed by atoms with Crippen LogP contribution in [0.25, 0.3) is 0 Å². The summed E-state index contributed by atoms with van der Waals surface area (Å²) in [7, 11) is 0. The van der Waals surface area contributed by atoms with Crippen LogP contribution in [0.3, 0.4) is 0 Å². The lowest BCUT2D eigenvalue weighted by Gasteiger charge is -2.28. The molecule has 3 N–H and O–H groups in total. The van der Waals surface area contributed by atoms with Gasteiger partial charge in [-0.25, -0.2) is 0 Å². The van der Waals surface area contributed by atoms with Gasteiger partial charge in [-0.15, -0.1) is 0 Å². The predicted molar refractivity (Wildman–Crippen MR) is 79.6 cm³/mol. The normalized spacial score (nSPS) is 20.6. The first-order chi connectivity index (χ1) is 10.2. The van der Waals surface area contributed by atoms with E-state index in [1.54, 1.807) is 4.90 Å². The first-order valence-corrected chi connectivity index (χ1v) is 8.07. The average molecular weight is 297 g/mol. The second kappa shape index (κ2) is 8.34. The average Bonchev–Trinajstić information content (AvgIpc) is 2.99. The Labute approximate surface area is 126 Å². The number of nitrogens with two attached hydrogens (primary N) is 1. The van der Waals surface area contributed by atoms with Crippen molar-refractivity contribution in [3.05, 3.63) is 0 Å². The first-order valence-electron chi connectivity index (χ1n) is 8.07. The highest BCUT2D eigenvalue weighted by Gasteiger charge is 2.27. The Kier molecular flexibility index (Phi) is 6.45. The quantitative estimate of drug-likeness (QED) is 0.712. The molecule has 2 aliphatic rings. The van der Waals surface area contributed by atoms with Crippen LogP contribution in [-0.2, 0) is 14.3 Å². The van der Waals surface area contributed by atoms with Gasteiger partial charge in [0.1, 0.15) is 0 Å². The molecule has 0 radical (unpaired) electrons. The second-order valence-electron chi connectivity index (χ2n) is 6.00. The molecule has 0 atom stereocenters. The molecule has 0 aromatic heterocycles. The third-order valence-corrected chi connectivity index (χ3v) is 4.37. The van der Waals surface area contributed by atoms with E-state index in [4.69, 9.17) is 10.5 Å². The maximum absolute atomic E-state index is 12.3. The summed E-state index contributed by atoms with van der Waals surface area (Å²) >= 11 is 0. The van der Waals surface area contributed by atoms with Gasteiger partial charge in [0.25, 0.3) is 0 Å². The lowest BCUT2D eigenvalue weighted by molar-refractivity contribution is -0.138. The van der Waals surface area contributed by atoms with Crippen LogP contribution in [0.1, 0.15) is 44.9 Å². The van der Waals surface area contributed by atoms with E-state index in [0.29, 0.717) is 13.0 Å². The third-order valence-electron chi connectivity index (χ3n) is 4.37. The molecule has 0 spiro atoms. The number of piperidine rings is 1. The summed E-state index contributed by atoms with van der Waals surface area (Å²) in [6.07, 6.45) is 6.81. The van der Waals surface area contributed by atoms with Crippen molar-refractivity contribution >= 4 is 11.8 Å². The summed E-state index contributed by atoms with van der Waals surface area (Å²) in [5.41, 5.74) is 5.27. The van der Waals surface area contributed by atoms with Gasteiger partial charge in [-0.1, -0.05) is 12.8 Å². The van der Waals surface area contributed by atoms with Gasteiger partial charge >= 0.3 is 0 Å². The van der Waals surface area contributed by atoms with Crippen LogP contribution in [0.4, 0.5) is 0 Å². The van der Waals surface area contributed by atoms with Crippen molar-refractivity contribution < 1.29 is 14.3 Å². The number of nitrogens with zero attached hydrogens (tertiary/aromatic N) is 1. The maximum atomic E-state index is 12.3. The number of amides is 2. The molecule has 1 saturated carbocycles. The van der Waals surface area contributed by atoms with Gasteiger partial charge in [0.05, 0.1) is 25.7 Å². The molecule has 2 amide bonds. The van der Waals surface area contributed by atoms with Crippen molar-refractivity contribution in [1.82, 2.24) is 10.2 Å². The van der Waals surface area contributed by atoms with Crippen molar-refractivity contribution in [2.75, 3.05) is 26.2 Å². The fraction of sp³-hybridized carbons (Fsp3) is 0.867. The van der Waals surface area contributed by atoms with Gasteiger partial charge in [-0.2, -0.15) is 0 Å². The number of primary amides is 1. The van der Waals surface area contributed by atoms with E-state index in [0.717, 1.165) is 51.6 Å². The van der Waals surface area contributed by atoms with Gasteiger partial charge in [0, 0.05) is 6.04 Å². The minimum absolute atomic E-state index is 0.00497. The number of hydrogen-bond acceptors (Lipinski definition) is 4. The van der Waals surface area contributed by atoms with Crippen LogP contribution in [0.15, 0.2) is 0 Å². The number of carbonyl (C=O) groups is 2. The van der Waals surface area contributed by atoms with E-state index in [9.17, 15) is 9.59 Å². The van der Waals surface area contributed by atoms with Crippen molar-refractivity contribution in [3.63, 3.8) is 0 Å². The molecule has 0 bridgehead atoms. The van der Waals surface area contributed by atoms with Crippen LogP contribution < -0.4 is 11.1 Å². The van der Waals surface area contributed by atoms with Crippen molar-refractivity contribution in [3.8, 4) is 0 Å². The zero-order valence-corrected chi connectivity index (χ0v) is 12.7. The number of hydrogen-bond donors (Lipinski definition) is 2. The Morgan fingerprint density at radius 3 is 2.43 bits per heavy atom. The smallest absolute Gasteiger partial charge is 0.237 e. The molecular formula is C15H27N3O3. The van der Waals surface area contributed by atoms with Gasteiger partial charge < -0.3 is 20.7 Å². The highest BCUT2D eigenvalue weighted by atomic mass is 16.5. The zero-order chi connectivity index (χ0) is 15.1. The van der Waals surface area contributed by atoms with Crippen LogP contribution in [-0.4, -0.2) is 55.1 Å². The second-order valence-corrected chi connectivity index (χ2v) is 6.00. The Hall–Kier alpha value is -1.14. The van der Waals surface area contributed by atoms with Crippen LogP contribution in [0.2, 0.25) is 0 Å². The number of rotatable bonds is 7. The molecule has 2 rings (SSSR count). The highest BCUT2D eigenvalue weighted by molar-refractivity contribution is 5.84. The summed E-state index contributed by atoms with van der Waals surface area (Å²) < 4.78 is 5.77. The Bertz CT molecular complexity index is 350. The van der Waals surface area contributed by atoms with E-state index < -0.39 is 5.91 Å². The molecule has 2 fully saturated rings. The highest BCUT2D eigenvalue weighted by Crippen LogP contribution is 2.24. The molecule has 6 nitrogen and oxygen atoms in total. The standard InChI is InChI=1S/C15H27N3O3/c16-14(19)11-18(12-3-1-2-4-12)15(20)7-10-21-13-5-8-17-9-6-13/h12-13,17H,1-11H2,(H2,16,19). The SMILES string of the molecule is NC(=O)CN(C(=O)CCOC1CCNCC1)C1CCCC1. The monoisotopic (exact) mass is 297 g/mol. The van der Waals surface area contributed by atoms with Crippen molar-refractivity contribution in [2.24, 2.45) is 5.73 Å². The van der Waals surface area contributed by atoms with Crippen molar-refractivity contribution in [1.29, 1.82) is 0 Å².